The molecule has 1 fully saturated rings. The Kier molecular flexibility index (Phi) is 6.27. The molecule has 1 atom stereocenters. The summed E-state index contributed by atoms with van der Waals surface area (Å²) in [7, 11) is 0. The van der Waals surface area contributed by atoms with Crippen LogP contribution in [-0.2, 0) is 16.1 Å². The number of benzene rings is 1. The van der Waals surface area contributed by atoms with Crippen molar-refractivity contribution in [3.8, 4) is 0 Å². The van der Waals surface area contributed by atoms with Crippen LogP contribution in [0.2, 0.25) is 0 Å². The molecule has 1 saturated heterocycles. The number of hydrogen-bond acceptors (Lipinski definition) is 4. The van der Waals surface area contributed by atoms with Gasteiger partial charge in [-0.3, -0.25) is 14.5 Å². The Morgan fingerprint density at radius 3 is 2.65 bits per heavy atom. The van der Waals surface area contributed by atoms with Gasteiger partial charge in [0.2, 0.25) is 5.91 Å². The summed E-state index contributed by atoms with van der Waals surface area (Å²) >= 11 is 0. The van der Waals surface area contributed by atoms with E-state index in [9.17, 15) is 9.59 Å². The predicted octanol–water partition coefficient (Wildman–Crippen LogP) is 1.51. The molecule has 2 amide bonds. The maximum Gasteiger partial charge on any atom is 0.255 e. The van der Waals surface area contributed by atoms with Gasteiger partial charge in [0, 0.05) is 38.3 Å². The van der Waals surface area contributed by atoms with E-state index in [4.69, 9.17) is 4.74 Å². The average molecular weight is 359 g/mol. The molecule has 2 aliphatic heterocycles. The summed E-state index contributed by atoms with van der Waals surface area (Å²) in [5, 5.41) is 3.04. The van der Waals surface area contributed by atoms with Gasteiger partial charge in [-0.05, 0) is 24.0 Å². The lowest BCUT2D eigenvalue weighted by atomic mass is 10.0. The fourth-order valence-corrected chi connectivity index (χ4v) is 3.63. The molecule has 3 rings (SSSR count). The largest absolute Gasteiger partial charge is 0.379 e. The molecular weight excluding hydrogens is 330 g/mol. The standard InChI is InChI=1S/C20H29N3O3/c1-15(2)13-18(19(24)21-7-8-22-9-11-26-12-10-22)23-14-16-5-3-4-6-17(16)20(23)25/h3-6,15,18H,7-14H2,1-2H3,(H,21,24). The van der Waals surface area contributed by atoms with Crippen molar-refractivity contribution in [1.29, 1.82) is 0 Å². The van der Waals surface area contributed by atoms with Crippen molar-refractivity contribution < 1.29 is 14.3 Å². The zero-order valence-corrected chi connectivity index (χ0v) is 15.7. The molecule has 0 bridgehead atoms. The molecule has 26 heavy (non-hydrogen) atoms. The number of morpholine rings is 1. The molecular formula is C20H29N3O3. The topological polar surface area (TPSA) is 61.9 Å². The van der Waals surface area contributed by atoms with Crippen molar-refractivity contribution >= 4 is 11.8 Å². The second-order valence-corrected chi connectivity index (χ2v) is 7.48. The van der Waals surface area contributed by atoms with Gasteiger partial charge in [0.1, 0.15) is 6.04 Å². The fraction of sp³-hybridized carbons (Fsp3) is 0.600. The Morgan fingerprint density at radius 2 is 1.96 bits per heavy atom. The van der Waals surface area contributed by atoms with Crippen LogP contribution in [0.5, 0.6) is 0 Å². The van der Waals surface area contributed by atoms with Crippen LogP contribution in [0.1, 0.15) is 36.2 Å². The number of ether oxygens (including phenoxy) is 1. The van der Waals surface area contributed by atoms with Crippen LogP contribution in [0.15, 0.2) is 24.3 Å². The molecule has 2 heterocycles. The van der Waals surface area contributed by atoms with Gasteiger partial charge in [0.15, 0.2) is 0 Å². The first-order chi connectivity index (χ1) is 12.6. The second-order valence-electron chi connectivity index (χ2n) is 7.48. The van der Waals surface area contributed by atoms with Gasteiger partial charge in [-0.2, -0.15) is 0 Å². The van der Waals surface area contributed by atoms with E-state index < -0.39 is 6.04 Å². The summed E-state index contributed by atoms with van der Waals surface area (Å²) < 4.78 is 5.35. The SMILES string of the molecule is CC(C)CC(C(=O)NCCN1CCOCC1)N1Cc2ccccc2C1=O. The van der Waals surface area contributed by atoms with Crippen molar-refractivity contribution in [1.82, 2.24) is 15.1 Å². The number of carbonyl (C=O) groups excluding carboxylic acids is 2. The molecule has 0 spiro atoms. The monoisotopic (exact) mass is 359 g/mol. The molecule has 1 unspecified atom stereocenters. The van der Waals surface area contributed by atoms with E-state index in [1.807, 2.05) is 24.3 Å². The van der Waals surface area contributed by atoms with E-state index in [0.717, 1.165) is 44.0 Å². The average Bonchev–Trinajstić information content (AvgIpc) is 2.97. The molecule has 0 aliphatic carbocycles. The Morgan fingerprint density at radius 1 is 1.23 bits per heavy atom. The van der Waals surface area contributed by atoms with Crippen LogP contribution < -0.4 is 5.32 Å². The molecule has 6 heteroatoms. The zero-order chi connectivity index (χ0) is 18.5. The number of fused-ring (bicyclic) bond motifs is 1. The summed E-state index contributed by atoms with van der Waals surface area (Å²) in [6.07, 6.45) is 0.670. The Hall–Kier alpha value is -1.92. The van der Waals surface area contributed by atoms with Gasteiger partial charge in [0.05, 0.1) is 13.2 Å². The highest BCUT2D eigenvalue weighted by Gasteiger charge is 2.36. The maximum absolute atomic E-state index is 12.9. The van der Waals surface area contributed by atoms with Crippen molar-refractivity contribution in [3.63, 3.8) is 0 Å². The first kappa shape index (κ1) is 18.9. The van der Waals surface area contributed by atoms with Crippen LogP contribution >= 0.6 is 0 Å². The van der Waals surface area contributed by atoms with Crippen LogP contribution in [0.25, 0.3) is 0 Å². The minimum absolute atomic E-state index is 0.0328. The van der Waals surface area contributed by atoms with Gasteiger partial charge >= 0.3 is 0 Å². The minimum Gasteiger partial charge on any atom is -0.379 e. The number of amides is 2. The Bertz CT molecular complexity index is 641. The molecule has 1 aromatic rings. The van der Waals surface area contributed by atoms with E-state index in [-0.39, 0.29) is 11.8 Å². The van der Waals surface area contributed by atoms with Crippen molar-refractivity contribution in [2.45, 2.75) is 32.9 Å². The smallest absolute Gasteiger partial charge is 0.255 e. The predicted molar refractivity (Wildman–Crippen MR) is 99.8 cm³/mol. The third-order valence-corrected chi connectivity index (χ3v) is 5.05. The summed E-state index contributed by atoms with van der Waals surface area (Å²) in [6.45, 7) is 9.43. The molecule has 0 radical (unpaired) electrons. The van der Waals surface area contributed by atoms with Gasteiger partial charge in [-0.15, -0.1) is 0 Å². The molecule has 2 aliphatic rings. The van der Waals surface area contributed by atoms with Crippen LogP contribution in [0, 0.1) is 5.92 Å². The van der Waals surface area contributed by atoms with Crippen molar-refractivity contribution in [2.75, 3.05) is 39.4 Å². The summed E-state index contributed by atoms with van der Waals surface area (Å²) in [5.41, 5.74) is 1.73. The van der Waals surface area contributed by atoms with E-state index in [2.05, 4.69) is 24.1 Å². The van der Waals surface area contributed by atoms with Crippen LogP contribution in [0.3, 0.4) is 0 Å². The quantitative estimate of drug-likeness (QED) is 0.802. The highest BCUT2D eigenvalue weighted by atomic mass is 16.5. The first-order valence-corrected chi connectivity index (χ1v) is 9.53. The third kappa shape index (κ3) is 4.43. The number of nitrogens with zero attached hydrogens (tertiary/aromatic N) is 2. The lowest BCUT2D eigenvalue weighted by Crippen LogP contribution is -2.49. The molecule has 1 aromatic carbocycles. The van der Waals surface area contributed by atoms with Crippen molar-refractivity contribution in [3.05, 3.63) is 35.4 Å². The summed E-state index contributed by atoms with van der Waals surface area (Å²) in [4.78, 5) is 29.6. The van der Waals surface area contributed by atoms with E-state index in [1.54, 1.807) is 4.90 Å². The maximum atomic E-state index is 12.9. The zero-order valence-electron chi connectivity index (χ0n) is 15.7. The first-order valence-electron chi connectivity index (χ1n) is 9.53. The van der Waals surface area contributed by atoms with E-state index in [1.165, 1.54) is 0 Å². The highest BCUT2D eigenvalue weighted by molar-refractivity contribution is 6.01. The molecule has 0 saturated carbocycles. The van der Waals surface area contributed by atoms with Crippen LogP contribution in [-0.4, -0.2) is 67.0 Å². The second kappa shape index (κ2) is 8.64. The third-order valence-electron chi connectivity index (χ3n) is 5.05. The van der Waals surface area contributed by atoms with Gasteiger partial charge in [-0.25, -0.2) is 0 Å². The summed E-state index contributed by atoms with van der Waals surface area (Å²) in [6, 6.07) is 7.21. The Balaban J connectivity index is 1.60. The molecule has 6 nitrogen and oxygen atoms in total. The number of hydrogen-bond donors (Lipinski definition) is 1. The van der Waals surface area contributed by atoms with Crippen molar-refractivity contribution in [2.24, 2.45) is 5.92 Å². The van der Waals surface area contributed by atoms with Gasteiger partial charge < -0.3 is 15.0 Å². The minimum atomic E-state index is -0.417. The normalized spacial score (nSPS) is 18.9. The fourth-order valence-electron chi connectivity index (χ4n) is 3.63. The molecule has 142 valence electrons. The highest BCUT2D eigenvalue weighted by Crippen LogP contribution is 2.26. The molecule has 0 aromatic heterocycles. The summed E-state index contributed by atoms with van der Waals surface area (Å²) in [5.74, 6) is 0.254. The van der Waals surface area contributed by atoms with Gasteiger partial charge in [0.25, 0.3) is 5.91 Å². The van der Waals surface area contributed by atoms with Gasteiger partial charge in [-0.1, -0.05) is 32.0 Å². The Labute approximate surface area is 155 Å². The lowest BCUT2D eigenvalue weighted by molar-refractivity contribution is -0.126. The van der Waals surface area contributed by atoms with E-state index >= 15 is 0 Å². The van der Waals surface area contributed by atoms with Crippen LogP contribution in [0.4, 0.5) is 0 Å². The molecule has 1 N–H and O–H groups in total. The lowest BCUT2D eigenvalue weighted by Gasteiger charge is -2.29. The number of nitrogens with one attached hydrogen (secondary N) is 1. The number of carbonyl (C=O) groups is 2. The van der Waals surface area contributed by atoms with E-state index in [0.29, 0.717) is 25.4 Å². The number of rotatable bonds is 7.